The van der Waals surface area contributed by atoms with Crippen molar-refractivity contribution in [2.24, 2.45) is 0 Å². The summed E-state index contributed by atoms with van der Waals surface area (Å²) in [5.41, 5.74) is 2.17. The Balaban J connectivity index is 1.41. The predicted octanol–water partition coefficient (Wildman–Crippen LogP) is 0.815. The number of nitrogens with one attached hydrogen (secondary N) is 1. The van der Waals surface area contributed by atoms with Crippen LogP contribution in [0.15, 0.2) is 24.3 Å². The van der Waals surface area contributed by atoms with E-state index in [1.54, 1.807) is 4.90 Å². The van der Waals surface area contributed by atoms with E-state index >= 15 is 0 Å². The van der Waals surface area contributed by atoms with Crippen molar-refractivity contribution in [1.29, 1.82) is 0 Å². The Morgan fingerprint density at radius 3 is 2.07 bits per heavy atom. The maximum absolute atomic E-state index is 12.5. The van der Waals surface area contributed by atoms with Crippen LogP contribution in [0.25, 0.3) is 0 Å². The van der Waals surface area contributed by atoms with Gasteiger partial charge in [-0.15, -0.1) is 0 Å². The summed E-state index contributed by atoms with van der Waals surface area (Å²) in [6, 6.07) is 7.82. The molecule has 2 fully saturated rings. The van der Waals surface area contributed by atoms with Gasteiger partial charge in [-0.3, -0.25) is 4.79 Å². The first kappa shape index (κ1) is 21.6. The van der Waals surface area contributed by atoms with Gasteiger partial charge >= 0.3 is 6.03 Å². The van der Waals surface area contributed by atoms with Crippen LogP contribution in [-0.4, -0.2) is 86.0 Å². The Bertz CT molecular complexity index is 825. The fourth-order valence-corrected chi connectivity index (χ4v) is 4.62. The second-order valence-electron chi connectivity index (χ2n) is 7.92. The SMILES string of the molecule is Cc1ccc(CC(=O)N2CCN(C(=O)NC3CCN(S(C)(=O)=O)CC3)CC2)cc1. The predicted molar refractivity (Wildman–Crippen MR) is 111 cm³/mol. The number of urea groups is 1. The third-order valence-corrected chi connectivity index (χ3v) is 6.95. The van der Waals surface area contributed by atoms with Gasteiger partial charge in [0, 0.05) is 45.3 Å². The monoisotopic (exact) mass is 422 g/mol. The van der Waals surface area contributed by atoms with Crippen LogP contribution in [0.1, 0.15) is 24.0 Å². The minimum absolute atomic E-state index is 0.0123. The first-order valence-corrected chi connectivity index (χ1v) is 11.9. The third-order valence-electron chi connectivity index (χ3n) is 5.65. The average Bonchev–Trinajstić information content (AvgIpc) is 2.69. The van der Waals surface area contributed by atoms with Crippen LogP contribution < -0.4 is 5.32 Å². The van der Waals surface area contributed by atoms with E-state index in [2.05, 4.69) is 5.32 Å². The molecule has 0 unspecified atom stereocenters. The summed E-state index contributed by atoms with van der Waals surface area (Å²) in [5.74, 6) is 0.0852. The van der Waals surface area contributed by atoms with E-state index in [9.17, 15) is 18.0 Å². The maximum Gasteiger partial charge on any atom is 0.317 e. The van der Waals surface area contributed by atoms with E-state index < -0.39 is 10.0 Å². The Morgan fingerprint density at radius 1 is 0.966 bits per heavy atom. The number of piperazine rings is 1. The molecule has 1 aromatic rings. The molecule has 0 saturated carbocycles. The molecular formula is C20H30N4O4S. The molecule has 0 spiro atoms. The number of hydrogen-bond acceptors (Lipinski definition) is 4. The van der Waals surface area contributed by atoms with Gasteiger partial charge in [0.2, 0.25) is 15.9 Å². The third kappa shape index (κ3) is 5.93. The van der Waals surface area contributed by atoms with Crippen molar-refractivity contribution in [3.63, 3.8) is 0 Å². The number of sulfonamides is 1. The van der Waals surface area contributed by atoms with Crippen molar-refractivity contribution in [2.75, 3.05) is 45.5 Å². The van der Waals surface area contributed by atoms with Gasteiger partial charge in [-0.1, -0.05) is 29.8 Å². The van der Waals surface area contributed by atoms with Crippen LogP contribution in [0.3, 0.4) is 0 Å². The molecule has 3 rings (SSSR count). The molecule has 0 radical (unpaired) electrons. The van der Waals surface area contributed by atoms with E-state index in [4.69, 9.17) is 0 Å². The van der Waals surface area contributed by atoms with Gasteiger partial charge in [0.05, 0.1) is 12.7 Å². The fourth-order valence-electron chi connectivity index (χ4n) is 3.75. The first-order chi connectivity index (χ1) is 13.7. The maximum atomic E-state index is 12.5. The summed E-state index contributed by atoms with van der Waals surface area (Å²) in [6.45, 7) is 4.97. The lowest BCUT2D eigenvalue weighted by Gasteiger charge is -2.37. The Kier molecular flexibility index (Phi) is 6.79. The lowest BCUT2D eigenvalue weighted by Crippen LogP contribution is -2.56. The molecule has 2 saturated heterocycles. The number of aryl methyl sites for hydroxylation is 1. The highest BCUT2D eigenvalue weighted by Crippen LogP contribution is 2.14. The Hall–Kier alpha value is -2.13. The van der Waals surface area contributed by atoms with E-state index in [0.717, 1.165) is 5.56 Å². The molecule has 2 heterocycles. The summed E-state index contributed by atoms with van der Waals surface area (Å²) in [4.78, 5) is 28.6. The Morgan fingerprint density at radius 2 is 1.52 bits per heavy atom. The highest BCUT2D eigenvalue weighted by Gasteiger charge is 2.29. The smallest absolute Gasteiger partial charge is 0.317 e. The van der Waals surface area contributed by atoms with Crippen LogP contribution in [-0.2, 0) is 21.2 Å². The van der Waals surface area contributed by atoms with Gasteiger partial charge in [0.25, 0.3) is 0 Å². The molecule has 9 heteroatoms. The second-order valence-corrected chi connectivity index (χ2v) is 9.90. The largest absolute Gasteiger partial charge is 0.339 e. The van der Waals surface area contributed by atoms with Crippen molar-refractivity contribution >= 4 is 22.0 Å². The fraction of sp³-hybridized carbons (Fsp3) is 0.600. The highest BCUT2D eigenvalue weighted by molar-refractivity contribution is 7.88. The number of benzene rings is 1. The van der Waals surface area contributed by atoms with Crippen molar-refractivity contribution in [1.82, 2.24) is 19.4 Å². The normalized spacial score (nSPS) is 19.2. The molecule has 0 aliphatic carbocycles. The van der Waals surface area contributed by atoms with E-state index in [-0.39, 0.29) is 18.0 Å². The number of rotatable bonds is 4. The number of piperidine rings is 1. The van der Waals surface area contributed by atoms with E-state index in [0.29, 0.717) is 58.5 Å². The summed E-state index contributed by atoms with van der Waals surface area (Å²) < 4.78 is 24.6. The zero-order valence-corrected chi connectivity index (χ0v) is 18.0. The second kappa shape index (κ2) is 9.13. The molecule has 0 aromatic heterocycles. The first-order valence-electron chi connectivity index (χ1n) is 10.1. The highest BCUT2D eigenvalue weighted by atomic mass is 32.2. The zero-order valence-electron chi connectivity index (χ0n) is 17.1. The number of carbonyl (C=O) groups excluding carboxylic acids is 2. The molecule has 8 nitrogen and oxygen atoms in total. The van der Waals surface area contributed by atoms with Crippen LogP contribution in [0, 0.1) is 6.92 Å². The molecule has 1 N–H and O–H groups in total. The van der Waals surface area contributed by atoms with Crippen molar-refractivity contribution in [3.8, 4) is 0 Å². The molecule has 2 aliphatic rings. The minimum Gasteiger partial charge on any atom is -0.339 e. The minimum atomic E-state index is -3.16. The summed E-state index contributed by atoms with van der Waals surface area (Å²) in [7, 11) is -3.16. The van der Waals surface area contributed by atoms with Crippen LogP contribution in [0.5, 0.6) is 0 Å². The number of carbonyl (C=O) groups is 2. The lowest BCUT2D eigenvalue weighted by molar-refractivity contribution is -0.131. The van der Waals surface area contributed by atoms with Gasteiger partial charge in [-0.05, 0) is 25.3 Å². The van der Waals surface area contributed by atoms with Gasteiger partial charge in [-0.25, -0.2) is 17.5 Å². The topological polar surface area (TPSA) is 90.0 Å². The van der Waals surface area contributed by atoms with E-state index in [1.165, 1.54) is 16.1 Å². The van der Waals surface area contributed by atoms with Gasteiger partial charge in [0.1, 0.15) is 0 Å². The summed E-state index contributed by atoms with van der Waals surface area (Å²) in [6.07, 6.45) is 2.83. The number of hydrogen-bond donors (Lipinski definition) is 1. The van der Waals surface area contributed by atoms with Gasteiger partial charge in [0.15, 0.2) is 0 Å². The summed E-state index contributed by atoms with van der Waals surface area (Å²) in [5, 5.41) is 3.01. The summed E-state index contributed by atoms with van der Waals surface area (Å²) >= 11 is 0. The molecule has 2 aliphatic heterocycles. The molecule has 160 valence electrons. The molecule has 3 amide bonds. The van der Waals surface area contributed by atoms with Crippen molar-refractivity contribution in [3.05, 3.63) is 35.4 Å². The quantitative estimate of drug-likeness (QED) is 0.778. The van der Waals surface area contributed by atoms with Crippen molar-refractivity contribution < 1.29 is 18.0 Å². The standard InChI is InChI=1S/C20H30N4O4S/c1-16-3-5-17(6-4-16)15-19(25)22-11-13-23(14-12-22)20(26)21-18-7-9-24(10-8-18)29(2,27)28/h3-6,18H,7-15H2,1-2H3,(H,21,26). The zero-order chi connectivity index (χ0) is 21.0. The van der Waals surface area contributed by atoms with Crippen LogP contribution in [0.2, 0.25) is 0 Å². The van der Waals surface area contributed by atoms with Gasteiger partial charge < -0.3 is 15.1 Å². The van der Waals surface area contributed by atoms with E-state index in [1.807, 2.05) is 36.1 Å². The van der Waals surface area contributed by atoms with Gasteiger partial charge in [-0.2, -0.15) is 0 Å². The van der Waals surface area contributed by atoms with Crippen LogP contribution in [0.4, 0.5) is 4.79 Å². The average molecular weight is 423 g/mol. The molecule has 0 bridgehead atoms. The number of amides is 3. The van der Waals surface area contributed by atoms with Crippen molar-refractivity contribution in [2.45, 2.75) is 32.2 Å². The van der Waals surface area contributed by atoms with Crippen LogP contribution >= 0.6 is 0 Å². The molecule has 29 heavy (non-hydrogen) atoms. The molecule has 0 atom stereocenters. The molecular weight excluding hydrogens is 392 g/mol. The lowest BCUT2D eigenvalue weighted by atomic mass is 10.1. The Labute approximate surface area is 172 Å². The number of nitrogens with zero attached hydrogens (tertiary/aromatic N) is 3. The molecule has 1 aromatic carbocycles.